The Balaban J connectivity index is 1.71. The number of ether oxygens (including phenoxy) is 5. The van der Waals surface area contributed by atoms with E-state index >= 15 is 0 Å². The highest BCUT2D eigenvalue weighted by molar-refractivity contribution is 4.95. The van der Waals surface area contributed by atoms with E-state index in [0.717, 1.165) is 0 Å². The summed E-state index contributed by atoms with van der Waals surface area (Å²) in [5, 5.41) is 100. The van der Waals surface area contributed by atoms with Gasteiger partial charge in [0.25, 0.3) is 0 Å². The van der Waals surface area contributed by atoms with Crippen LogP contribution in [0.5, 0.6) is 0 Å². The van der Waals surface area contributed by atoms with Gasteiger partial charge in [-0.25, -0.2) is 0 Å². The van der Waals surface area contributed by atoms with Crippen molar-refractivity contribution in [3.63, 3.8) is 0 Å². The summed E-state index contributed by atoms with van der Waals surface area (Å²) in [5.74, 6) is 0. The first-order valence-corrected chi connectivity index (χ1v) is 10.4. The Kier molecular flexibility index (Phi) is 8.99. The van der Waals surface area contributed by atoms with Crippen LogP contribution in [0, 0.1) is 0 Å². The van der Waals surface area contributed by atoms with Gasteiger partial charge in [0.05, 0.1) is 19.3 Å². The predicted octanol–water partition coefficient (Wildman–Crippen LogP) is -6.55. The number of hydrogen-bond acceptors (Lipinski definition) is 15. The van der Waals surface area contributed by atoms with E-state index in [9.17, 15) is 51.1 Å². The Morgan fingerprint density at radius 2 is 1.06 bits per heavy atom. The van der Waals surface area contributed by atoms with Crippen LogP contribution in [0.25, 0.3) is 0 Å². The second-order valence-corrected chi connectivity index (χ2v) is 8.32. The summed E-state index contributed by atoms with van der Waals surface area (Å²) in [6.45, 7) is -0.107. The first-order chi connectivity index (χ1) is 15.5. The lowest BCUT2D eigenvalue weighted by molar-refractivity contribution is -0.377. The van der Waals surface area contributed by atoms with Crippen molar-refractivity contribution < 1.29 is 74.7 Å². The average molecular weight is 488 g/mol. The number of aliphatic hydroxyl groups excluding tert-OH is 10. The SMILES string of the molecule is C[C@@H]1OC(O)[C@H](O)[C@H](O[C@H]2O[C@H](CO)[C@@H](O[C@@H]3O[C@H](CO)[C@H](O)[C@H](O)[C@H]3O)[C@H](O)[C@H]2O)[C@H]1O. The van der Waals surface area contributed by atoms with Crippen LogP contribution < -0.4 is 0 Å². The third kappa shape index (κ3) is 5.32. The molecule has 0 aromatic rings. The minimum absolute atomic E-state index is 0.726. The molecule has 0 aromatic carbocycles. The summed E-state index contributed by atoms with van der Waals surface area (Å²) in [6, 6.07) is 0. The van der Waals surface area contributed by atoms with E-state index in [0.29, 0.717) is 0 Å². The van der Waals surface area contributed by atoms with Crippen LogP contribution in [0.4, 0.5) is 0 Å². The molecule has 194 valence electrons. The lowest BCUT2D eigenvalue weighted by atomic mass is 9.96. The van der Waals surface area contributed by atoms with Gasteiger partial charge in [0.1, 0.15) is 67.1 Å². The highest BCUT2D eigenvalue weighted by Crippen LogP contribution is 2.32. The fourth-order valence-corrected chi connectivity index (χ4v) is 4.00. The average Bonchev–Trinajstić information content (AvgIpc) is 2.79. The number of aliphatic hydroxyl groups is 10. The van der Waals surface area contributed by atoms with Gasteiger partial charge in [0.2, 0.25) is 0 Å². The normalized spacial score (nSPS) is 53.7. The molecule has 3 rings (SSSR count). The summed E-state index contributed by atoms with van der Waals surface area (Å²) < 4.78 is 26.4. The van der Waals surface area contributed by atoms with Crippen molar-refractivity contribution in [1.82, 2.24) is 0 Å². The topological polar surface area (TPSA) is 248 Å². The monoisotopic (exact) mass is 488 g/mol. The molecule has 3 fully saturated rings. The van der Waals surface area contributed by atoms with Gasteiger partial charge in [-0.15, -0.1) is 0 Å². The molecule has 15 atom stereocenters. The van der Waals surface area contributed by atoms with E-state index in [1.54, 1.807) is 0 Å². The molecule has 0 spiro atoms. The zero-order chi connectivity index (χ0) is 24.6. The van der Waals surface area contributed by atoms with Crippen molar-refractivity contribution in [2.75, 3.05) is 13.2 Å². The second-order valence-electron chi connectivity index (χ2n) is 8.32. The van der Waals surface area contributed by atoms with Gasteiger partial charge in [-0.05, 0) is 6.92 Å². The summed E-state index contributed by atoms with van der Waals surface area (Å²) in [6.07, 6.45) is -23.8. The molecule has 15 nitrogen and oxygen atoms in total. The molecule has 0 saturated carbocycles. The van der Waals surface area contributed by atoms with E-state index in [2.05, 4.69) is 0 Å². The lowest BCUT2D eigenvalue weighted by Gasteiger charge is -2.47. The maximum Gasteiger partial charge on any atom is 0.187 e. The Morgan fingerprint density at radius 3 is 1.64 bits per heavy atom. The van der Waals surface area contributed by atoms with Gasteiger partial charge in [-0.3, -0.25) is 0 Å². The lowest BCUT2D eigenvalue weighted by Crippen LogP contribution is -2.66. The molecule has 0 amide bonds. The summed E-state index contributed by atoms with van der Waals surface area (Å²) >= 11 is 0. The summed E-state index contributed by atoms with van der Waals surface area (Å²) in [7, 11) is 0. The Morgan fingerprint density at radius 1 is 0.545 bits per heavy atom. The van der Waals surface area contributed by atoms with Crippen LogP contribution in [-0.2, 0) is 23.7 Å². The van der Waals surface area contributed by atoms with Gasteiger partial charge in [0.15, 0.2) is 18.9 Å². The van der Waals surface area contributed by atoms with Crippen molar-refractivity contribution in [2.24, 2.45) is 0 Å². The molecule has 3 saturated heterocycles. The van der Waals surface area contributed by atoms with Crippen molar-refractivity contribution in [2.45, 2.75) is 99.0 Å². The van der Waals surface area contributed by atoms with Crippen LogP contribution in [0.15, 0.2) is 0 Å². The minimum atomic E-state index is -1.86. The third-order valence-corrected chi connectivity index (χ3v) is 6.05. The largest absolute Gasteiger partial charge is 0.394 e. The zero-order valence-electron chi connectivity index (χ0n) is 17.6. The molecule has 33 heavy (non-hydrogen) atoms. The number of hydrogen-bond donors (Lipinski definition) is 10. The maximum atomic E-state index is 10.6. The van der Waals surface area contributed by atoms with Crippen LogP contribution in [0.1, 0.15) is 6.92 Å². The smallest absolute Gasteiger partial charge is 0.187 e. The van der Waals surface area contributed by atoms with Crippen LogP contribution in [0.2, 0.25) is 0 Å². The Labute approximate surface area is 187 Å². The highest BCUT2D eigenvalue weighted by atomic mass is 16.7. The first kappa shape index (κ1) is 27.0. The minimum Gasteiger partial charge on any atom is -0.394 e. The molecule has 0 aliphatic carbocycles. The number of rotatable bonds is 6. The molecule has 0 aromatic heterocycles. The van der Waals surface area contributed by atoms with Crippen molar-refractivity contribution in [3.8, 4) is 0 Å². The molecule has 15 heteroatoms. The van der Waals surface area contributed by atoms with Crippen molar-refractivity contribution >= 4 is 0 Å². The molecular formula is C18H32O15. The maximum absolute atomic E-state index is 10.6. The van der Waals surface area contributed by atoms with Gasteiger partial charge in [-0.1, -0.05) is 0 Å². The summed E-state index contributed by atoms with van der Waals surface area (Å²) in [4.78, 5) is 0. The highest BCUT2D eigenvalue weighted by Gasteiger charge is 2.52. The van der Waals surface area contributed by atoms with Gasteiger partial charge < -0.3 is 74.7 Å². The molecule has 3 heterocycles. The quantitative estimate of drug-likeness (QED) is 0.167. The Hall–Kier alpha value is -0.600. The first-order valence-electron chi connectivity index (χ1n) is 10.4. The molecule has 0 bridgehead atoms. The molecule has 3 aliphatic rings. The van der Waals surface area contributed by atoms with Gasteiger partial charge in [0, 0.05) is 0 Å². The zero-order valence-corrected chi connectivity index (χ0v) is 17.6. The van der Waals surface area contributed by atoms with Crippen LogP contribution in [-0.4, -0.2) is 156 Å². The van der Waals surface area contributed by atoms with Crippen molar-refractivity contribution in [3.05, 3.63) is 0 Å². The van der Waals surface area contributed by atoms with E-state index in [4.69, 9.17) is 23.7 Å². The van der Waals surface area contributed by atoms with E-state index < -0.39 is 105 Å². The fraction of sp³-hybridized carbons (Fsp3) is 1.00. The Bertz CT molecular complexity index is 608. The molecule has 3 aliphatic heterocycles. The molecular weight excluding hydrogens is 456 g/mol. The summed E-state index contributed by atoms with van der Waals surface area (Å²) in [5.41, 5.74) is 0. The third-order valence-electron chi connectivity index (χ3n) is 6.05. The second kappa shape index (κ2) is 11.0. The van der Waals surface area contributed by atoms with Crippen LogP contribution in [0.3, 0.4) is 0 Å². The van der Waals surface area contributed by atoms with E-state index in [1.807, 2.05) is 0 Å². The van der Waals surface area contributed by atoms with Crippen LogP contribution >= 0.6 is 0 Å². The van der Waals surface area contributed by atoms with Gasteiger partial charge >= 0.3 is 0 Å². The fourth-order valence-electron chi connectivity index (χ4n) is 4.00. The van der Waals surface area contributed by atoms with Gasteiger partial charge in [-0.2, -0.15) is 0 Å². The standard InChI is InChI=1S/C18H32O15/c1-4-7(21)15(13(27)16(28)29-4)33-18-12(26)10(24)14(6(3-20)31-18)32-17-11(25)9(23)8(22)5(2-19)30-17/h4-28H,2-3H2,1H3/t4-,5+,6+,7-,8-,9-,10+,11+,12+,13+,14+,15+,16?,17-,18+/m0/s1. The van der Waals surface area contributed by atoms with E-state index in [1.165, 1.54) is 6.92 Å². The molecule has 1 unspecified atom stereocenters. The van der Waals surface area contributed by atoms with Crippen molar-refractivity contribution in [1.29, 1.82) is 0 Å². The predicted molar refractivity (Wildman–Crippen MR) is 99.8 cm³/mol. The van der Waals surface area contributed by atoms with E-state index in [-0.39, 0.29) is 0 Å². The molecule has 0 radical (unpaired) electrons. The molecule has 10 N–H and O–H groups in total.